The molecule has 1 atom stereocenters. The Morgan fingerprint density at radius 2 is 1.89 bits per heavy atom. The molecule has 98 valence electrons. The molecule has 3 nitrogen and oxygen atoms in total. The molecule has 0 amide bonds. The highest BCUT2D eigenvalue weighted by molar-refractivity contribution is 7.89. The van der Waals surface area contributed by atoms with Gasteiger partial charge in [-0.1, -0.05) is 24.6 Å². The Bertz CT molecular complexity index is 534. The Kier molecular flexibility index (Phi) is 2.75. The summed E-state index contributed by atoms with van der Waals surface area (Å²) in [4.78, 5) is 0.424. The minimum Gasteiger partial charge on any atom is -0.207 e. The van der Waals surface area contributed by atoms with E-state index in [2.05, 4.69) is 0 Å². The Morgan fingerprint density at radius 3 is 2.39 bits per heavy atom. The molecule has 0 aromatic heterocycles. The van der Waals surface area contributed by atoms with Crippen molar-refractivity contribution >= 4 is 10.0 Å². The van der Waals surface area contributed by atoms with Crippen molar-refractivity contribution in [2.45, 2.75) is 43.5 Å². The van der Waals surface area contributed by atoms with Crippen LogP contribution in [0.3, 0.4) is 0 Å². The van der Waals surface area contributed by atoms with Crippen molar-refractivity contribution in [3.63, 3.8) is 0 Å². The molecule has 1 aliphatic heterocycles. The summed E-state index contributed by atoms with van der Waals surface area (Å²) in [5, 5.41) is 0. The Morgan fingerprint density at radius 1 is 1.22 bits per heavy atom. The molecule has 0 radical (unpaired) electrons. The van der Waals surface area contributed by atoms with E-state index in [1.807, 2.05) is 13.0 Å². The van der Waals surface area contributed by atoms with E-state index in [4.69, 9.17) is 0 Å². The van der Waals surface area contributed by atoms with Gasteiger partial charge in [-0.3, -0.25) is 0 Å². The molecule has 1 heterocycles. The van der Waals surface area contributed by atoms with E-state index in [1.54, 1.807) is 28.6 Å². The van der Waals surface area contributed by atoms with Crippen LogP contribution in [0.5, 0.6) is 0 Å². The van der Waals surface area contributed by atoms with Gasteiger partial charge in [0, 0.05) is 12.6 Å². The monoisotopic (exact) mass is 265 g/mol. The smallest absolute Gasteiger partial charge is 0.207 e. The van der Waals surface area contributed by atoms with Crippen LogP contribution in [0.1, 0.15) is 32.6 Å². The van der Waals surface area contributed by atoms with Crippen molar-refractivity contribution in [3.8, 4) is 0 Å². The van der Waals surface area contributed by atoms with E-state index in [-0.39, 0.29) is 6.04 Å². The lowest BCUT2D eigenvalue weighted by Crippen LogP contribution is -2.37. The first-order valence-electron chi connectivity index (χ1n) is 6.60. The Labute approximate surface area is 109 Å². The molecule has 1 spiro atoms. The molecule has 1 saturated heterocycles. The van der Waals surface area contributed by atoms with Crippen molar-refractivity contribution in [1.29, 1.82) is 0 Å². The van der Waals surface area contributed by atoms with Crippen LogP contribution in [0.4, 0.5) is 0 Å². The molecule has 0 bridgehead atoms. The number of rotatable bonds is 2. The van der Waals surface area contributed by atoms with E-state index in [0.29, 0.717) is 16.9 Å². The molecule has 4 heteroatoms. The fraction of sp³-hybridized carbons (Fsp3) is 0.571. The zero-order chi connectivity index (χ0) is 12.8. The third-order valence-corrected chi connectivity index (χ3v) is 6.45. The summed E-state index contributed by atoms with van der Waals surface area (Å²) in [7, 11) is -3.30. The number of sulfonamides is 1. The number of hydrogen-bond donors (Lipinski definition) is 0. The number of hydrogen-bond acceptors (Lipinski definition) is 2. The van der Waals surface area contributed by atoms with Gasteiger partial charge in [-0.2, -0.15) is 4.31 Å². The molecule has 1 aromatic rings. The summed E-state index contributed by atoms with van der Waals surface area (Å²) in [5.74, 6) is 0. The lowest BCUT2D eigenvalue weighted by atomic mass is 9.68. The van der Waals surface area contributed by atoms with Gasteiger partial charge in [0.25, 0.3) is 0 Å². The van der Waals surface area contributed by atoms with Crippen LogP contribution in [0.2, 0.25) is 0 Å². The van der Waals surface area contributed by atoms with E-state index in [0.717, 1.165) is 6.42 Å². The average Bonchev–Trinajstić information content (AvgIpc) is 2.69. The van der Waals surface area contributed by atoms with Gasteiger partial charge in [-0.15, -0.1) is 0 Å². The summed E-state index contributed by atoms with van der Waals surface area (Å²) in [6.07, 6.45) is 4.67. The fourth-order valence-corrected chi connectivity index (χ4v) is 5.13. The maximum atomic E-state index is 12.6. The predicted octanol–water partition coefficient (Wildman–Crippen LogP) is 2.64. The van der Waals surface area contributed by atoms with Gasteiger partial charge in [0.1, 0.15) is 0 Å². The van der Waals surface area contributed by atoms with Gasteiger partial charge in [0.15, 0.2) is 0 Å². The SMILES string of the molecule is CC1CC2(CCC2)CN1S(=O)(=O)c1ccccc1. The molecule has 2 fully saturated rings. The highest BCUT2D eigenvalue weighted by Gasteiger charge is 2.49. The standard InChI is InChI=1S/C14H19NO2S/c1-12-10-14(8-5-9-14)11-15(12)18(16,17)13-6-3-2-4-7-13/h2-4,6-7,12H,5,8-11H2,1H3. The molecular formula is C14H19NO2S. The first kappa shape index (κ1) is 12.2. The molecule has 3 rings (SSSR count). The third-order valence-electron chi connectivity index (χ3n) is 4.48. The highest BCUT2D eigenvalue weighted by Crippen LogP contribution is 2.51. The molecule has 1 aliphatic carbocycles. The molecule has 2 aliphatic rings. The molecule has 1 aromatic carbocycles. The number of nitrogens with zero attached hydrogens (tertiary/aromatic N) is 1. The first-order valence-corrected chi connectivity index (χ1v) is 8.05. The summed E-state index contributed by atoms with van der Waals surface area (Å²) >= 11 is 0. The third kappa shape index (κ3) is 1.79. The van der Waals surface area contributed by atoms with Gasteiger partial charge in [0.05, 0.1) is 4.90 Å². The van der Waals surface area contributed by atoms with Crippen LogP contribution < -0.4 is 0 Å². The molecular weight excluding hydrogens is 246 g/mol. The lowest BCUT2D eigenvalue weighted by molar-refractivity contribution is 0.152. The van der Waals surface area contributed by atoms with Crippen molar-refractivity contribution < 1.29 is 8.42 Å². The minimum atomic E-state index is -3.30. The zero-order valence-corrected chi connectivity index (χ0v) is 11.5. The summed E-state index contributed by atoms with van der Waals surface area (Å²) < 4.78 is 26.9. The zero-order valence-electron chi connectivity index (χ0n) is 10.7. The minimum absolute atomic E-state index is 0.135. The van der Waals surface area contributed by atoms with Crippen molar-refractivity contribution in [1.82, 2.24) is 4.31 Å². The van der Waals surface area contributed by atoms with Gasteiger partial charge < -0.3 is 0 Å². The maximum absolute atomic E-state index is 12.6. The van der Waals surface area contributed by atoms with Gasteiger partial charge in [0.2, 0.25) is 10.0 Å². The summed E-state index contributed by atoms with van der Waals surface area (Å²) in [6.45, 7) is 2.75. The van der Waals surface area contributed by atoms with Gasteiger partial charge in [-0.05, 0) is 43.7 Å². The second-order valence-electron chi connectivity index (χ2n) is 5.77. The Balaban J connectivity index is 1.91. The predicted molar refractivity (Wildman–Crippen MR) is 70.7 cm³/mol. The highest BCUT2D eigenvalue weighted by atomic mass is 32.2. The largest absolute Gasteiger partial charge is 0.243 e. The summed E-state index contributed by atoms with van der Waals surface area (Å²) in [6, 6.07) is 8.93. The topological polar surface area (TPSA) is 37.4 Å². The van der Waals surface area contributed by atoms with Crippen molar-refractivity contribution in [3.05, 3.63) is 30.3 Å². The van der Waals surface area contributed by atoms with E-state index in [9.17, 15) is 8.42 Å². The number of benzene rings is 1. The van der Waals surface area contributed by atoms with E-state index in [1.165, 1.54) is 19.3 Å². The van der Waals surface area contributed by atoms with Crippen LogP contribution in [-0.4, -0.2) is 25.3 Å². The second kappa shape index (κ2) is 4.07. The van der Waals surface area contributed by atoms with Crippen LogP contribution in [-0.2, 0) is 10.0 Å². The van der Waals surface area contributed by atoms with Crippen molar-refractivity contribution in [2.75, 3.05) is 6.54 Å². The maximum Gasteiger partial charge on any atom is 0.243 e. The summed E-state index contributed by atoms with van der Waals surface area (Å²) in [5.41, 5.74) is 0.293. The second-order valence-corrected chi connectivity index (χ2v) is 7.66. The molecule has 0 N–H and O–H groups in total. The van der Waals surface area contributed by atoms with Crippen molar-refractivity contribution in [2.24, 2.45) is 5.41 Å². The molecule has 1 saturated carbocycles. The van der Waals surface area contributed by atoms with Gasteiger partial charge in [-0.25, -0.2) is 8.42 Å². The fourth-order valence-electron chi connectivity index (χ4n) is 3.37. The molecule has 18 heavy (non-hydrogen) atoms. The quantitative estimate of drug-likeness (QED) is 0.824. The van der Waals surface area contributed by atoms with E-state index >= 15 is 0 Å². The van der Waals surface area contributed by atoms with E-state index < -0.39 is 10.0 Å². The first-order chi connectivity index (χ1) is 8.54. The molecule has 1 unspecified atom stereocenters. The van der Waals surface area contributed by atoms with Crippen LogP contribution in [0, 0.1) is 5.41 Å². The van der Waals surface area contributed by atoms with Crippen LogP contribution in [0.25, 0.3) is 0 Å². The Hall–Kier alpha value is -0.870. The van der Waals surface area contributed by atoms with Crippen LogP contribution in [0.15, 0.2) is 35.2 Å². The normalized spacial score (nSPS) is 27.3. The average molecular weight is 265 g/mol. The van der Waals surface area contributed by atoms with Gasteiger partial charge >= 0.3 is 0 Å². The lowest BCUT2D eigenvalue weighted by Gasteiger charge is -2.38. The van der Waals surface area contributed by atoms with Crippen LogP contribution >= 0.6 is 0 Å².